The van der Waals surface area contributed by atoms with Crippen molar-refractivity contribution < 1.29 is 10.2 Å². The van der Waals surface area contributed by atoms with Crippen molar-refractivity contribution in [2.75, 3.05) is 0 Å². The lowest BCUT2D eigenvalue weighted by molar-refractivity contribution is 0.194. The third kappa shape index (κ3) is 1.54. The van der Waals surface area contributed by atoms with Gasteiger partial charge in [-0.05, 0) is 25.5 Å². The van der Waals surface area contributed by atoms with Crippen LogP contribution in [0.3, 0.4) is 0 Å². The van der Waals surface area contributed by atoms with E-state index in [-0.39, 0.29) is 10.8 Å². The number of phenols is 1. The van der Waals surface area contributed by atoms with Crippen molar-refractivity contribution >= 4 is 11.6 Å². The molecule has 0 bridgehead atoms. The number of halogens is 1. The molecule has 0 aromatic heterocycles. The minimum Gasteiger partial charge on any atom is -0.506 e. The quantitative estimate of drug-likeness (QED) is 0.707. The summed E-state index contributed by atoms with van der Waals surface area (Å²) in [6.45, 7) is 3.41. The lowest BCUT2D eigenvalue weighted by Gasteiger charge is -2.11. The van der Waals surface area contributed by atoms with E-state index in [9.17, 15) is 10.2 Å². The third-order valence-corrected chi connectivity index (χ3v) is 2.11. The van der Waals surface area contributed by atoms with Crippen molar-refractivity contribution in [1.82, 2.24) is 0 Å². The molecule has 0 radical (unpaired) electrons. The number of aliphatic hydroxyl groups is 1. The third-order valence-electron chi connectivity index (χ3n) is 1.80. The molecule has 0 heterocycles. The summed E-state index contributed by atoms with van der Waals surface area (Å²) < 4.78 is 0. The number of hydrogen-bond donors (Lipinski definition) is 2. The van der Waals surface area contributed by atoms with E-state index in [2.05, 4.69) is 0 Å². The number of aromatic hydroxyl groups is 1. The largest absolute Gasteiger partial charge is 0.506 e. The first-order chi connectivity index (χ1) is 5.54. The molecule has 1 aromatic rings. The van der Waals surface area contributed by atoms with Crippen molar-refractivity contribution in [2.45, 2.75) is 20.0 Å². The normalized spacial score (nSPS) is 13.0. The molecular weight excluding hydrogens is 176 g/mol. The molecule has 66 valence electrons. The van der Waals surface area contributed by atoms with Crippen LogP contribution in [0.5, 0.6) is 5.75 Å². The van der Waals surface area contributed by atoms with Gasteiger partial charge in [-0.3, -0.25) is 0 Å². The number of rotatable bonds is 1. The molecule has 12 heavy (non-hydrogen) atoms. The summed E-state index contributed by atoms with van der Waals surface area (Å²) in [4.78, 5) is 0. The van der Waals surface area contributed by atoms with Gasteiger partial charge in [0.2, 0.25) is 0 Å². The van der Waals surface area contributed by atoms with Gasteiger partial charge in [0.1, 0.15) is 5.75 Å². The predicted octanol–water partition coefficient (Wildman–Crippen LogP) is 2.41. The maximum absolute atomic E-state index is 9.46. The van der Waals surface area contributed by atoms with Gasteiger partial charge in [0.05, 0.1) is 11.1 Å². The molecular formula is C9H11ClO2. The Balaban J connectivity index is 3.33. The predicted molar refractivity (Wildman–Crippen MR) is 48.5 cm³/mol. The monoisotopic (exact) mass is 186 g/mol. The highest BCUT2D eigenvalue weighted by atomic mass is 35.5. The van der Waals surface area contributed by atoms with E-state index in [0.717, 1.165) is 5.56 Å². The van der Waals surface area contributed by atoms with Crippen LogP contribution in [0.1, 0.15) is 24.2 Å². The van der Waals surface area contributed by atoms with Crippen molar-refractivity contribution in [1.29, 1.82) is 0 Å². The minimum absolute atomic E-state index is 0.0216. The fourth-order valence-corrected chi connectivity index (χ4v) is 1.37. The average Bonchev–Trinajstić information content (AvgIpc) is 1.97. The topological polar surface area (TPSA) is 40.5 Å². The Morgan fingerprint density at radius 1 is 1.42 bits per heavy atom. The molecule has 2 nitrogen and oxygen atoms in total. The summed E-state index contributed by atoms with van der Waals surface area (Å²) in [7, 11) is 0. The second kappa shape index (κ2) is 3.33. The number of aliphatic hydroxyl groups excluding tert-OH is 1. The van der Waals surface area contributed by atoms with Gasteiger partial charge in [0.25, 0.3) is 0 Å². The minimum atomic E-state index is -0.691. The van der Waals surface area contributed by atoms with Gasteiger partial charge in [0.15, 0.2) is 0 Å². The van der Waals surface area contributed by atoms with Crippen molar-refractivity contribution in [3.8, 4) is 5.75 Å². The van der Waals surface area contributed by atoms with Gasteiger partial charge >= 0.3 is 0 Å². The fourth-order valence-electron chi connectivity index (χ4n) is 1.21. The maximum atomic E-state index is 9.46. The van der Waals surface area contributed by atoms with Crippen LogP contribution in [0.2, 0.25) is 5.02 Å². The lowest BCUT2D eigenvalue weighted by Crippen LogP contribution is -1.95. The van der Waals surface area contributed by atoms with Gasteiger partial charge < -0.3 is 10.2 Å². The second-order valence-corrected chi connectivity index (χ2v) is 3.21. The first-order valence-corrected chi connectivity index (χ1v) is 4.08. The van der Waals surface area contributed by atoms with Crippen LogP contribution < -0.4 is 0 Å². The maximum Gasteiger partial charge on any atom is 0.140 e. The summed E-state index contributed by atoms with van der Waals surface area (Å²) in [6.07, 6.45) is -0.691. The number of hydrogen-bond acceptors (Lipinski definition) is 2. The van der Waals surface area contributed by atoms with E-state index in [0.29, 0.717) is 5.56 Å². The van der Waals surface area contributed by atoms with Crippen molar-refractivity contribution in [2.24, 2.45) is 0 Å². The fraction of sp³-hybridized carbons (Fsp3) is 0.333. The van der Waals surface area contributed by atoms with E-state index in [1.165, 1.54) is 0 Å². The Hall–Kier alpha value is -0.730. The van der Waals surface area contributed by atoms with Crippen LogP contribution in [0.15, 0.2) is 12.1 Å². The molecule has 0 spiro atoms. The van der Waals surface area contributed by atoms with Crippen LogP contribution >= 0.6 is 11.6 Å². The molecule has 0 aliphatic carbocycles. The molecule has 1 aromatic carbocycles. The SMILES string of the molecule is Cc1ccc(Cl)c(O)c1C(C)O. The zero-order valence-corrected chi connectivity index (χ0v) is 7.76. The molecule has 1 rings (SSSR count). The summed E-state index contributed by atoms with van der Waals surface area (Å²) in [5.41, 5.74) is 1.34. The highest BCUT2D eigenvalue weighted by molar-refractivity contribution is 6.32. The molecule has 0 aliphatic heterocycles. The number of benzene rings is 1. The molecule has 1 atom stereocenters. The second-order valence-electron chi connectivity index (χ2n) is 2.80. The first-order valence-electron chi connectivity index (χ1n) is 3.70. The Morgan fingerprint density at radius 3 is 2.42 bits per heavy atom. The molecule has 0 amide bonds. The van der Waals surface area contributed by atoms with E-state index in [1.54, 1.807) is 19.1 Å². The molecule has 0 saturated heterocycles. The Morgan fingerprint density at radius 2 is 2.00 bits per heavy atom. The molecule has 2 N–H and O–H groups in total. The van der Waals surface area contributed by atoms with Crippen molar-refractivity contribution in [3.05, 3.63) is 28.3 Å². The van der Waals surface area contributed by atoms with Crippen LogP contribution in [-0.2, 0) is 0 Å². The van der Waals surface area contributed by atoms with E-state index < -0.39 is 6.10 Å². The summed E-state index contributed by atoms with van der Waals surface area (Å²) >= 11 is 5.67. The van der Waals surface area contributed by atoms with Gasteiger partial charge in [-0.2, -0.15) is 0 Å². The molecule has 3 heteroatoms. The average molecular weight is 187 g/mol. The zero-order chi connectivity index (χ0) is 9.30. The van der Waals surface area contributed by atoms with Gasteiger partial charge in [-0.25, -0.2) is 0 Å². The van der Waals surface area contributed by atoms with Crippen LogP contribution in [0.4, 0.5) is 0 Å². The Labute approximate surface area is 76.4 Å². The highest BCUT2D eigenvalue weighted by Gasteiger charge is 2.12. The Bertz CT molecular complexity index is 295. The molecule has 0 saturated carbocycles. The lowest BCUT2D eigenvalue weighted by atomic mass is 10.0. The van der Waals surface area contributed by atoms with E-state index >= 15 is 0 Å². The summed E-state index contributed by atoms with van der Waals surface area (Å²) in [5.74, 6) is -0.0216. The van der Waals surface area contributed by atoms with Gasteiger partial charge in [-0.1, -0.05) is 17.7 Å². The summed E-state index contributed by atoms with van der Waals surface area (Å²) in [6, 6.07) is 3.38. The summed E-state index contributed by atoms with van der Waals surface area (Å²) in [5, 5.41) is 19.0. The Kier molecular flexibility index (Phi) is 2.60. The molecule has 1 unspecified atom stereocenters. The number of phenolic OH excluding ortho intramolecular Hbond substituents is 1. The van der Waals surface area contributed by atoms with Gasteiger partial charge in [0, 0.05) is 5.56 Å². The van der Waals surface area contributed by atoms with E-state index in [4.69, 9.17) is 11.6 Å². The van der Waals surface area contributed by atoms with Crippen LogP contribution in [0.25, 0.3) is 0 Å². The van der Waals surface area contributed by atoms with E-state index in [1.807, 2.05) is 6.92 Å². The molecule has 0 aliphatic rings. The smallest absolute Gasteiger partial charge is 0.140 e. The molecule has 0 fully saturated rings. The van der Waals surface area contributed by atoms with Crippen LogP contribution in [0, 0.1) is 6.92 Å². The number of aryl methyl sites for hydroxylation is 1. The van der Waals surface area contributed by atoms with Crippen LogP contribution in [-0.4, -0.2) is 10.2 Å². The standard InChI is InChI=1S/C9H11ClO2/c1-5-3-4-7(10)9(12)8(5)6(2)11/h3-4,6,11-12H,1-2H3. The first kappa shape index (κ1) is 9.36. The van der Waals surface area contributed by atoms with Crippen molar-refractivity contribution in [3.63, 3.8) is 0 Å². The zero-order valence-electron chi connectivity index (χ0n) is 7.00. The van der Waals surface area contributed by atoms with Gasteiger partial charge in [-0.15, -0.1) is 0 Å². The highest BCUT2D eigenvalue weighted by Crippen LogP contribution is 2.33.